The van der Waals surface area contributed by atoms with Gasteiger partial charge in [-0.25, -0.2) is 4.79 Å². The van der Waals surface area contributed by atoms with Crippen LogP contribution in [-0.4, -0.2) is 82.8 Å². The van der Waals surface area contributed by atoms with Gasteiger partial charge in [-0.1, -0.05) is 26.0 Å². The molecule has 0 radical (unpaired) electrons. The first-order chi connectivity index (χ1) is 13.7. The van der Waals surface area contributed by atoms with Crippen LogP contribution in [0.2, 0.25) is 0 Å². The largest absolute Gasteiger partial charge is 0.480 e. The molecule has 0 aliphatic carbocycles. The molecule has 0 saturated carbocycles. The summed E-state index contributed by atoms with van der Waals surface area (Å²) < 4.78 is 0. The first kappa shape index (κ1) is 25.8. The maximum absolute atomic E-state index is 13.2. The minimum Gasteiger partial charge on any atom is -0.480 e. The van der Waals surface area contributed by atoms with Gasteiger partial charge in [0.1, 0.15) is 12.1 Å². The summed E-state index contributed by atoms with van der Waals surface area (Å²) >= 11 is 5.68. The topological polar surface area (TPSA) is 125 Å². The Morgan fingerprint density at radius 1 is 1.34 bits per heavy atom. The van der Waals surface area contributed by atoms with Crippen LogP contribution in [0.15, 0.2) is 12.2 Å². The minimum atomic E-state index is -1.07. The van der Waals surface area contributed by atoms with Crippen molar-refractivity contribution in [1.82, 2.24) is 15.5 Å². The SMILES string of the molecule is CSCC[C@@H](NC(=O)[C@@H]1CC=CCN1C(=O)[C@H](NC[C@H](N)CS)C(C)C)C(=O)O. The third-order valence-corrected chi connectivity index (χ3v) is 5.90. The van der Waals surface area contributed by atoms with Gasteiger partial charge in [0.05, 0.1) is 6.04 Å². The van der Waals surface area contributed by atoms with Crippen LogP contribution in [0.3, 0.4) is 0 Å². The highest BCUT2D eigenvalue weighted by Gasteiger charge is 2.36. The van der Waals surface area contributed by atoms with Crippen molar-refractivity contribution in [2.24, 2.45) is 11.7 Å². The molecule has 0 unspecified atom stereocenters. The van der Waals surface area contributed by atoms with E-state index in [1.165, 1.54) is 16.7 Å². The van der Waals surface area contributed by atoms with Gasteiger partial charge < -0.3 is 26.4 Å². The van der Waals surface area contributed by atoms with Crippen LogP contribution in [0, 0.1) is 5.92 Å². The molecule has 1 rings (SSSR count). The summed E-state index contributed by atoms with van der Waals surface area (Å²) in [6.07, 6.45) is 6.26. The van der Waals surface area contributed by atoms with Gasteiger partial charge in [-0.2, -0.15) is 24.4 Å². The number of nitrogens with zero attached hydrogens (tertiary/aromatic N) is 1. The van der Waals surface area contributed by atoms with Gasteiger partial charge in [0, 0.05) is 24.9 Å². The molecule has 10 heteroatoms. The fourth-order valence-corrected chi connectivity index (χ4v) is 3.65. The van der Waals surface area contributed by atoms with Crippen LogP contribution in [0.4, 0.5) is 0 Å². The van der Waals surface area contributed by atoms with Crippen LogP contribution in [-0.2, 0) is 14.4 Å². The van der Waals surface area contributed by atoms with E-state index in [0.29, 0.717) is 37.4 Å². The lowest BCUT2D eigenvalue weighted by molar-refractivity contribution is -0.145. The van der Waals surface area contributed by atoms with E-state index in [4.69, 9.17) is 5.73 Å². The number of thioether (sulfide) groups is 1. The summed E-state index contributed by atoms with van der Waals surface area (Å²) in [5.74, 6) is -0.583. The number of carboxylic acid groups (broad SMARTS) is 1. The van der Waals surface area contributed by atoms with E-state index in [1.54, 1.807) is 0 Å². The molecule has 4 atom stereocenters. The molecule has 1 aliphatic heterocycles. The van der Waals surface area contributed by atoms with Gasteiger partial charge in [-0.05, 0) is 30.8 Å². The smallest absolute Gasteiger partial charge is 0.326 e. The number of carbonyl (C=O) groups excluding carboxylic acids is 2. The van der Waals surface area contributed by atoms with Crippen LogP contribution in [0.5, 0.6) is 0 Å². The van der Waals surface area contributed by atoms with Gasteiger partial charge in [0.2, 0.25) is 11.8 Å². The number of hydrogen-bond acceptors (Lipinski definition) is 7. The average molecular weight is 447 g/mol. The van der Waals surface area contributed by atoms with Gasteiger partial charge in [-0.3, -0.25) is 9.59 Å². The van der Waals surface area contributed by atoms with Crippen molar-refractivity contribution in [2.75, 3.05) is 30.9 Å². The Kier molecular flexibility index (Phi) is 11.7. The van der Waals surface area contributed by atoms with E-state index in [1.807, 2.05) is 32.3 Å². The third-order valence-electron chi connectivity index (χ3n) is 4.78. The molecule has 29 heavy (non-hydrogen) atoms. The van der Waals surface area contributed by atoms with Crippen LogP contribution in [0.1, 0.15) is 26.7 Å². The lowest BCUT2D eigenvalue weighted by Crippen LogP contribution is -2.59. The Bertz CT molecular complexity index is 589. The number of nitrogens with two attached hydrogens (primary N) is 1. The van der Waals surface area contributed by atoms with E-state index in [0.717, 1.165) is 0 Å². The van der Waals surface area contributed by atoms with E-state index in [2.05, 4.69) is 23.3 Å². The lowest BCUT2D eigenvalue weighted by Gasteiger charge is -2.36. The van der Waals surface area contributed by atoms with Gasteiger partial charge in [0.15, 0.2) is 0 Å². The van der Waals surface area contributed by atoms with E-state index >= 15 is 0 Å². The Balaban J connectivity index is 2.90. The van der Waals surface area contributed by atoms with Crippen molar-refractivity contribution in [2.45, 2.75) is 50.9 Å². The Morgan fingerprint density at radius 2 is 2.03 bits per heavy atom. The van der Waals surface area contributed by atoms with Gasteiger partial charge in [-0.15, -0.1) is 0 Å². The second kappa shape index (κ2) is 13.1. The molecule has 0 bridgehead atoms. The molecule has 0 saturated heterocycles. The Hall–Kier alpha value is -1.23. The highest BCUT2D eigenvalue weighted by atomic mass is 32.2. The number of rotatable bonds is 12. The molecule has 2 amide bonds. The van der Waals surface area contributed by atoms with Crippen molar-refractivity contribution in [3.05, 3.63) is 12.2 Å². The second-order valence-corrected chi connectivity index (χ2v) is 8.82. The highest BCUT2D eigenvalue weighted by molar-refractivity contribution is 7.98. The standard InChI is InChI=1S/C19H34N4O4S2/c1-12(2)16(21-10-13(20)11-28)18(25)23-8-5-4-6-15(23)17(24)22-14(19(26)27)7-9-29-3/h4-5,12-16,21,28H,6-11,20H2,1-3H3,(H,22,24)(H,26,27)/t13-,14+,15-,16+/m0/s1. The summed E-state index contributed by atoms with van der Waals surface area (Å²) in [5.41, 5.74) is 5.90. The van der Waals surface area contributed by atoms with E-state index < -0.39 is 30.0 Å². The molecule has 1 heterocycles. The van der Waals surface area contributed by atoms with Crippen molar-refractivity contribution < 1.29 is 19.5 Å². The predicted molar refractivity (Wildman–Crippen MR) is 120 cm³/mol. The molecule has 0 aromatic heterocycles. The number of aliphatic carboxylic acids is 1. The molecule has 0 spiro atoms. The second-order valence-electron chi connectivity index (χ2n) is 7.47. The van der Waals surface area contributed by atoms with Crippen molar-refractivity contribution in [3.8, 4) is 0 Å². The Morgan fingerprint density at radius 3 is 2.59 bits per heavy atom. The summed E-state index contributed by atoms with van der Waals surface area (Å²) in [5, 5.41) is 15.2. The monoisotopic (exact) mass is 446 g/mol. The maximum Gasteiger partial charge on any atom is 0.326 e. The highest BCUT2D eigenvalue weighted by Crippen LogP contribution is 2.17. The molecular formula is C19H34N4O4S2. The number of carbonyl (C=O) groups is 3. The van der Waals surface area contributed by atoms with Crippen LogP contribution >= 0.6 is 24.4 Å². The molecule has 1 aliphatic rings. The zero-order chi connectivity index (χ0) is 22.0. The molecular weight excluding hydrogens is 412 g/mol. The zero-order valence-corrected chi connectivity index (χ0v) is 19.0. The average Bonchev–Trinajstić information content (AvgIpc) is 2.70. The van der Waals surface area contributed by atoms with Gasteiger partial charge in [0.25, 0.3) is 0 Å². The fraction of sp³-hybridized carbons (Fsp3) is 0.737. The van der Waals surface area contributed by atoms with Crippen molar-refractivity contribution in [1.29, 1.82) is 0 Å². The summed E-state index contributed by atoms with van der Waals surface area (Å²) in [6.45, 7) is 4.61. The molecule has 8 nitrogen and oxygen atoms in total. The predicted octanol–water partition coefficient (Wildman–Crippen LogP) is 0.337. The number of hydrogen-bond donors (Lipinski definition) is 5. The molecule has 0 aromatic carbocycles. The number of thiol groups is 1. The third kappa shape index (κ3) is 8.19. The summed E-state index contributed by atoms with van der Waals surface area (Å²) in [6, 6.07) is -2.37. The first-order valence-corrected chi connectivity index (χ1v) is 11.8. The summed E-state index contributed by atoms with van der Waals surface area (Å²) in [4.78, 5) is 39.0. The normalized spacial score (nSPS) is 19.7. The van der Waals surface area contributed by atoms with Crippen molar-refractivity contribution >= 4 is 42.2 Å². The Labute approximate surface area is 182 Å². The molecule has 166 valence electrons. The van der Waals surface area contributed by atoms with E-state index in [9.17, 15) is 19.5 Å². The van der Waals surface area contributed by atoms with Crippen LogP contribution < -0.4 is 16.4 Å². The quantitative estimate of drug-likeness (QED) is 0.216. The maximum atomic E-state index is 13.2. The van der Waals surface area contributed by atoms with Gasteiger partial charge >= 0.3 is 5.97 Å². The zero-order valence-electron chi connectivity index (χ0n) is 17.3. The minimum absolute atomic E-state index is 0.00224. The molecule has 0 aromatic rings. The van der Waals surface area contributed by atoms with E-state index in [-0.39, 0.29) is 17.9 Å². The van der Waals surface area contributed by atoms with Crippen LogP contribution in [0.25, 0.3) is 0 Å². The van der Waals surface area contributed by atoms with Crippen molar-refractivity contribution in [3.63, 3.8) is 0 Å². The lowest BCUT2D eigenvalue weighted by atomic mass is 9.99. The molecule has 0 fully saturated rings. The number of nitrogens with one attached hydrogen (secondary N) is 2. The number of carboxylic acids is 1. The number of amides is 2. The summed E-state index contributed by atoms with van der Waals surface area (Å²) in [7, 11) is 0. The molecule has 5 N–H and O–H groups in total. The fourth-order valence-electron chi connectivity index (χ4n) is 3.05. The first-order valence-electron chi connectivity index (χ1n) is 9.80.